The number of aromatic amines is 1. The van der Waals surface area contributed by atoms with Gasteiger partial charge in [-0.15, -0.1) is 0 Å². The van der Waals surface area contributed by atoms with Crippen molar-refractivity contribution in [3.8, 4) is 0 Å². The van der Waals surface area contributed by atoms with Gasteiger partial charge in [-0.2, -0.15) is 0 Å². The molecule has 9 nitrogen and oxygen atoms in total. The maximum absolute atomic E-state index is 13.2. The quantitative estimate of drug-likeness (QED) is 0.0734. The fourth-order valence-electron chi connectivity index (χ4n) is 8.70. The van der Waals surface area contributed by atoms with Crippen molar-refractivity contribution in [3.63, 3.8) is 0 Å². The predicted octanol–water partition coefficient (Wildman–Crippen LogP) is 11.4. The minimum Gasteiger partial charge on any atom is -0.449 e. The van der Waals surface area contributed by atoms with E-state index in [2.05, 4.69) is 55.2 Å². The Labute approximate surface area is 323 Å². The molecule has 0 spiro atoms. The number of rotatable bonds is 28. The summed E-state index contributed by atoms with van der Waals surface area (Å²) in [6.07, 6.45) is 28.1. The van der Waals surface area contributed by atoms with Crippen molar-refractivity contribution < 1.29 is 19.1 Å². The monoisotopic (exact) mass is 745 g/mol. The smallest absolute Gasteiger partial charge is 0.407 e. The van der Waals surface area contributed by atoms with Gasteiger partial charge in [0.15, 0.2) is 0 Å². The highest BCUT2D eigenvalue weighted by Gasteiger charge is 2.42. The molecule has 2 amide bonds. The first-order chi connectivity index (χ1) is 25.4. The summed E-state index contributed by atoms with van der Waals surface area (Å²) in [7, 11) is 0. The normalized spacial score (nSPS) is 18.7. The number of aromatic nitrogens is 2. The standard InChI is InChI=1S/C44H80N4O5/c1-8-10-12-14-16-18-19-21-23-25-27-37(26-24-22-20-17-15-13-11-9-2)32-53-42(51)48-38-30-43(5,6)33-44(7,31-38)34-45-41(50)52-29-28-39-35(3)46-36(4)47-40(39)49/h37-38H,8-34H2,1-7H3,(H,45,50)(H,48,51)(H,46,47,49). The van der Waals surface area contributed by atoms with Crippen LogP contribution in [0.1, 0.15) is 199 Å². The van der Waals surface area contributed by atoms with Crippen molar-refractivity contribution in [2.24, 2.45) is 16.7 Å². The van der Waals surface area contributed by atoms with Gasteiger partial charge in [-0.25, -0.2) is 14.6 Å². The molecule has 1 saturated carbocycles. The molecule has 2 rings (SSSR count). The van der Waals surface area contributed by atoms with Crippen molar-refractivity contribution in [2.75, 3.05) is 19.8 Å². The van der Waals surface area contributed by atoms with Gasteiger partial charge in [0.25, 0.3) is 5.56 Å². The number of amides is 2. The molecule has 0 saturated heterocycles. The van der Waals surface area contributed by atoms with Crippen LogP contribution >= 0.6 is 0 Å². The lowest BCUT2D eigenvalue weighted by atomic mass is 9.62. The van der Waals surface area contributed by atoms with Crippen molar-refractivity contribution in [3.05, 3.63) is 27.4 Å². The van der Waals surface area contributed by atoms with Crippen LogP contribution in [0.4, 0.5) is 9.59 Å². The Morgan fingerprint density at radius 1 is 0.774 bits per heavy atom. The van der Waals surface area contributed by atoms with Gasteiger partial charge < -0.3 is 25.1 Å². The average molecular weight is 745 g/mol. The topological polar surface area (TPSA) is 122 Å². The van der Waals surface area contributed by atoms with E-state index in [0.29, 0.717) is 42.6 Å². The molecule has 3 unspecified atom stereocenters. The van der Waals surface area contributed by atoms with Gasteiger partial charge in [0.2, 0.25) is 0 Å². The first-order valence-corrected chi connectivity index (χ1v) is 21.8. The van der Waals surface area contributed by atoms with Crippen molar-refractivity contribution in [1.82, 2.24) is 20.6 Å². The Hall–Kier alpha value is -2.58. The maximum Gasteiger partial charge on any atom is 0.407 e. The number of hydrogen-bond acceptors (Lipinski definition) is 6. The number of nitrogens with zero attached hydrogens (tertiary/aromatic N) is 1. The number of ether oxygens (including phenoxy) is 2. The van der Waals surface area contributed by atoms with E-state index in [4.69, 9.17) is 9.47 Å². The SMILES string of the molecule is CCCCCCCCCCCCC(CCCCCCCCCC)COC(=O)NC1CC(C)(C)CC(C)(CNC(=O)OCCc2c(C)nc(C)[nH]c2=O)C1. The van der Waals surface area contributed by atoms with Crippen LogP contribution in [0.2, 0.25) is 0 Å². The van der Waals surface area contributed by atoms with Gasteiger partial charge in [-0.1, -0.05) is 150 Å². The second-order valence-corrected chi connectivity index (χ2v) is 17.6. The summed E-state index contributed by atoms with van der Waals surface area (Å²) in [6, 6.07) is -0.0362. The lowest BCUT2D eigenvalue weighted by Gasteiger charge is -2.46. The van der Waals surface area contributed by atoms with Gasteiger partial charge in [-0.05, 0) is 62.7 Å². The number of aryl methyl sites for hydroxylation is 2. The Morgan fingerprint density at radius 3 is 1.83 bits per heavy atom. The lowest BCUT2D eigenvalue weighted by Crippen LogP contribution is -2.50. The molecule has 1 aromatic rings. The highest BCUT2D eigenvalue weighted by Crippen LogP contribution is 2.45. The molecule has 3 N–H and O–H groups in total. The van der Waals surface area contributed by atoms with Crippen LogP contribution in [0.15, 0.2) is 4.79 Å². The van der Waals surface area contributed by atoms with Crippen LogP contribution in [0.25, 0.3) is 0 Å². The molecule has 1 heterocycles. The summed E-state index contributed by atoms with van der Waals surface area (Å²) in [5, 5.41) is 6.15. The van der Waals surface area contributed by atoms with E-state index in [-0.39, 0.29) is 35.1 Å². The summed E-state index contributed by atoms with van der Waals surface area (Å²) in [4.78, 5) is 45.1. The summed E-state index contributed by atoms with van der Waals surface area (Å²) in [6.45, 7) is 15.7. The van der Waals surface area contributed by atoms with Gasteiger partial charge in [0, 0.05) is 30.3 Å². The molecule has 1 aromatic heterocycles. The van der Waals surface area contributed by atoms with Crippen LogP contribution in [0, 0.1) is 30.6 Å². The zero-order chi connectivity index (χ0) is 39.0. The van der Waals surface area contributed by atoms with Crippen molar-refractivity contribution in [2.45, 2.75) is 209 Å². The second-order valence-electron chi connectivity index (χ2n) is 17.6. The number of carbonyl (C=O) groups is 2. The van der Waals surface area contributed by atoms with E-state index in [1.165, 1.54) is 116 Å². The van der Waals surface area contributed by atoms with Crippen molar-refractivity contribution in [1.29, 1.82) is 0 Å². The number of nitrogens with one attached hydrogen (secondary N) is 3. The van der Waals surface area contributed by atoms with E-state index >= 15 is 0 Å². The number of unbranched alkanes of at least 4 members (excludes halogenated alkanes) is 16. The van der Waals surface area contributed by atoms with Gasteiger partial charge in [0.05, 0.1) is 13.2 Å². The highest BCUT2D eigenvalue weighted by molar-refractivity contribution is 5.68. The van der Waals surface area contributed by atoms with Gasteiger partial charge in [0.1, 0.15) is 5.82 Å². The van der Waals surface area contributed by atoms with Crippen LogP contribution in [0.3, 0.4) is 0 Å². The number of carbonyl (C=O) groups excluding carboxylic acids is 2. The molecule has 1 aliphatic carbocycles. The van der Waals surface area contributed by atoms with E-state index in [0.717, 1.165) is 32.1 Å². The Balaban J connectivity index is 1.80. The minimum absolute atomic E-state index is 0.0118. The molecule has 0 aliphatic heterocycles. The van der Waals surface area contributed by atoms with Gasteiger partial charge >= 0.3 is 12.2 Å². The van der Waals surface area contributed by atoms with Crippen molar-refractivity contribution >= 4 is 12.2 Å². The average Bonchev–Trinajstić information content (AvgIpc) is 3.08. The molecule has 0 bridgehead atoms. The minimum atomic E-state index is -0.502. The Bertz CT molecular complexity index is 1220. The molecular weight excluding hydrogens is 665 g/mol. The highest BCUT2D eigenvalue weighted by atomic mass is 16.6. The molecular formula is C44H80N4O5. The molecule has 0 radical (unpaired) electrons. The van der Waals surface area contributed by atoms with E-state index in [1.807, 2.05) is 0 Å². The zero-order valence-corrected chi connectivity index (χ0v) is 35.2. The molecule has 1 fully saturated rings. The van der Waals surface area contributed by atoms with Crippen LogP contribution < -0.4 is 16.2 Å². The van der Waals surface area contributed by atoms with E-state index in [9.17, 15) is 14.4 Å². The third kappa shape index (κ3) is 21.2. The maximum atomic E-state index is 13.2. The third-order valence-electron chi connectivity index (χ3n) is 11.2. The van der Waals surface area contributed by atoms with E-state index < -0.39 is 6.09 Å². The molecule has 3 atom stereocenters. The van der Waals surface area contributed by atoms with Gasteiger partial charge in [-0.3, -0.25) is 4.79 Å². The van der Waals surface area contributed by atoms with E-state index in [1.54, 1.807) is 13.8 Å². The summed E-state index contributed by atoms with van der Waals surface area (Å²) < 4.78 is 11.4. The van der Waals surface area contributed by atoms with Crippen LogP contribution in [-0.2, 0) is 15.9 Å². The number of alkyl carbamates (subject to hydrolysis) is 2. The Kier molecular flexibility index (Phi) is 23.1. The molecule has 306 valence electrons. The fraction of sp³-hybridized carbons (Fsp3) is 0.864. The summed E-state index contributed by atoms with van der Waals surface area (Å²) >= 11 is 0. The largest absolute Gasteiger partial charge is 0.449 e. The summed E-state index contributed by atoms with van der Waals surface area (Å²) in [5.74, 6) is 0.986. The lowest BCUT2D eigenvalue weighted by molar-refractivity contribution is 0.0597. The molecule has 53 heavy (non-hydrogen) atoms. The predicted molar refractivity (Wildman–Crippen MR) is 219 cm³/mol. The molecule has 0 aromatic carbocycles. The molecule has 9 heteroatoms. The first kappa shape index (κ1) is 46.6. The number of hydrogen-bond donors (Lipinski definition) is 3. The molecule has 1 aliphatic rings. The zero-order valence-electron chi connectivity index (χ0n) is 35.2. The Morgan fingerprint density at radius 2 is 1.30 bits per heavy atom. The van der Waals surface area contributed by atoms with Crippen LogP contribution in [-0.4, -0.2) is 48.0 Å². The summed E-state index contributed by atoms with van der Waals surface area (Å²) in [5.41, 5.74) is 0.756. The fourth-order valence-corrected chi connectivity index (χ4v) is 8.70. The second kappa shape index (κ2) is 26.3. The third-order valence-corrected chi connectivity index (χ3v) is 11.2. The van der Waals surface area contributed by atoms with Crippen LogP contribution in [0.5, 0.6) is 0 Å². The number of H-pyrrole nitrogens is 1. The first-order valence-electron chi connectivity index (χ1n) is 21.8.